The lowest BCUT2D eigenvalue weighted by molar-refractivity contribution is -0.155. The number of nitrogens with zero attached hydrogens (tertiary/aromatic N) is 1. The quantitative estimate of drug-likeness (QED) is 0.581. The Kier molecular flexibility index (Phi) is 7.02. The zero-order valence-corrected chi connectivity index (χ0v) is 18.3. The lowest BCUT2D eigenvalue weighted by Crippen LogP contribution is -2.51. The summed E-state index contributed by atoms with van der Waals surface area (Å²) in [7, 11) is 1.52. The number of carbonyl (C=O) groups excluding carboxylic acids is 2. The number of aliphatic hydroxyl groups is 1. The van der Waals surface area contributed by atoms with Crippen molar-refractivity contribution in [2.24, 2.45) is 0 Å². The van der Waals surface area contributed by atoms with Crippen molar-refractivity contribution in [3.63, 3.8) is 0 Å². The van der Waals surface area contributed by atoms with E-state index in [0.29, 0.717) is 29.1 Å². The van der Waals surface area contributed by atoms with Gasteiger partial charge in [-0.2, -0.15) is 0 Å². The van der Waals surface area contributed by atoms with Crippen LogP contribution in [0.5, 0.6) is 5.75 Å². The largest absolute Gasteiger partial charge is 0.496 e. The topological polar surface area (TPSA) is 88.1 Å². The Labute approximate surface area is 192 Å². The molecule has 1 fully saturated rings. The standard InChI is InChI=1S/C26H26N2O5/c1-32-23-10-6-5-9-21(23)26(31)27-20-13-11-19(12-14-20)25(30)22-16-33-17-24(29)28(22)15-18-7-3-2-4-8-18/h2-14,22,25,30H,15-17H2,1H3,(H,27,31)/t22-,25-/m1/s1. The molecule has 2 amide bonds. The van der Waals surface area contributed by atoms with E-state index in [-0.39, 0.29) is 25.0 Å². The molecular weight excluding hydrogens is 420 g/mol. The van der Waals surface area contributed by atoms with Crippen LogP contribution in [0, 0.1) is 0 Å². The first kappa shape index (κ1) is 22.5. The summed E-state index contributed by atoms with van der Waals surface area (Å²) in [6, 6.07) is 23.0. The van der Waals surface area contributed by atoms with E-state index in [1.165, 1.54) is 7.11 Å². The SMILES string of the molecule is COc1ccccc1C(=O)Nc1ccc([C@@H](O)[C@H]2COCC(=O)N2Cc2ccccc2)cc1. The zero-order chi connectivity index (χ0) is 23.2. The highest BCUT2D eigenvalue weighted by atomic mass is 16.5. The third kappa shape index (κ3) is 5.22. The monoisotopic (exact) mass is 446 g/mol. The lowest BCUT2D eigenvalue weighted by Gasteiger charge is -2.38. The van der Waals surface area contributed by atoms with E-state index in [4.69, 9.17) is 9.47 Å². The number of hydrogen-bond donors (Lipinski definition) is 2. The van der Waals surface area contributed by atoms with Gasteiger partial charge in [0.25, 0.3) is 5.91 Å². The Hall–Kier alpha value is -3.68. The fraction of sp³-hybridized carbons (Fsp3) is 0.231. The summed E-state index contributed by atoms with van der Waals surface area (Å²) < 4.78 is 10.7. The Morgan fingerprint density at radius 1 is 1.09 bits per heavy atom. The van der Waals surface area contributed by atoms with Crippen LogP contribution in [0.25, 0.3) is 0 Å². The molecule has 2 N–H and O–H groups in total. The molecule has 7 nitrogen and oxygen atoms in total. The van der Waals surface area contributed by atoms with Gasteiger partial charge in [0.15, 0.2) is 0 Å². The Bertz CT molecular complexity index is 1100. The molecule has 3 aromatic carbocycles. The number of benzene rings is 3. The van der Waals surface area contributed by atoms with Crippen LogP contribution < -0.4 is 10.1 Å². The van der Waals surface area contributed by atoms with Crippen molar-refractivity contribution in [2.45, 2.75) is 18.7 Å². The Balaban J connectivity index is 1.47. The number of methoxy groups -OCH3 is 1. The van der Waals surface area contributed by atoms with Crippen molar-refractivity contribution >= 4 is 17.5 Å². The minimum Gasteiger partial charge on any atom is -0.496 e. The maximum Gasteiger partial charge on any atom is 0.259 e. The van der Waals surface area contributed by atoms with Gasteiger partial charge in [0.2, 0.25) is 5.91 Å². The van der Waals surface area contributed by atoms with Crippen LogP contribution in [-0.2, 0) is 16.1 Å². The van der Waals surface area contributed by atoms with Crippen molar-refractivity contribution in [3.8, 4) is 5.75 Å². The number of para-hydroxylation sites is 1. The smallest absolute Gasteiger partial charge is 0.259 e. The average Bonchev–Trinajstić information content (AvgIpc) is 2.86. The number of morpholine rings is 1. The molecule has 7 heteroatoms. The van der Waals surface area contributed by atoms with Gasteiger partial charge in [-0.15, -0.1) is 0 Å². The van der Waals surface area contributed by atoms with E-state index in [1.54, 1.807) is 53.4 Å². The van der Waals surface area contributed by atoms with Crippen LogP contribution in [0.15, 0.2) is 78.9 Å². The van der Waals surface area contributed by atoms with Crippen molar-refractivity contribution < 1.29 is 24.2 Å². The summed E-state index contributed by atoms with van der Waals surface area (Å²) >= 11 is 0. The van der Waals surface area contributed by atoms with Crippen molar-refractivity contribution in [1.82, 2.24) is 4.90 Å². The second kappa shape index (κ2) is 10.3. The van der Waals surface area contributed by atoms with Crippen molar-refractivity contribution in [2.75, 3.05) is 25.6 Å². The number of hydrogen-bond acceptors (Lipinski definition) is 5. The van der Waals surface area contributed by atoms with Gasteiger partial charge in [0.1, 0.15) is 18.5 Å². The predicted molar refractivity (Wildman–Crippen MR) is 124 cm³/mol. The van der Waals surface area contributed by atoms with E-state index < -0.39 is 12.1 Å². The number of anilines is 1. The molecule has 1 heterocycles. The van der Waals surface area contributed by atoms with Crippen LogP contribution in [0.4, 0.5) is 5.69 Å². The molecule has 0 aliphatic carbocycles. The molecule has 0 unspecified atom stereocenters. The number of carbonyl (C=O) groups is 2. The number of ether oxygens (including phenoxy) is 2. The highest BCUT2D eigenvalue weighted by Crippen LogP contribution is 2.27. The second-order valence-electron chi connectivity index (χ2n) is 7.81. The average molecular weight is 447 g/mol. The minimum absolute atomic E-state index is 0.00394. The fourth-order valence-electron chi connectivity index (χ4n) is 3.89. The molecule has 0 bridgehead atoms. The third-order valence-electron chi connectivity index (χ3n) is 5.66. The number of amides is 2. The molecule has 1 aliphatic rings. The summed E-state index contributed by atoms with van der Waals surface area (Å²) in [5.41, 5.74) is 2.63. The van der Waals surface area contributed by atoms with Gasteiger partial charge >= 0.3 is 0 Å². The van der Waals surface area contributed by atoms with E-state index >= 15 is 0 Å². The van der Waals surface area contributed by atoms with Crippen LogP contribution in [0.2, 0.25) is 0 Å². The van der Waals surface area contributed by atoms with E-state index in [9.17, 15) is 14.7 Å². The first-order chi connectivity index (χ1) is 16.1. The first-order valence-corrected chi connectivity index (χ1v) is 10.7. The van der Waals surface area contributed by atoms with E-state index in [2.05, 4.69) is 5.32 Å². The fourth-order valence-corrected chi connectivity index (χ4v) is 3.89. The second-order valence-corrected chi connectivity index (χ2v) is 7.81. The van der Waals surface area contributed by atoms with Crippen LogP contribution in [0.3, 0.4) is 0 Å². The number of rotatable bonds is 7. The highest BCUT2D eigenvalue weighted by Gasteiger charge is 2.34. The molecule has 0 saturated carbocycles. The maximum atomic E-state index is 12.6. The summed E-state index contributed by atoms with van der Waals surface area (Å²) in [6.45, 7) is 0.647. The van der Waals surface area contributed by atoms with Gasteiger partial charge in [0.05, 0.1) is 25.3 Å². The molecule has 1 aliphatic heterocycles. The Morgan fingerprint density at radius 3 is 2.52 bits per heavy atom. The van der Waals surface area contributed by atoms with Crippen molar-refractivity contribution in [1.29, 1.82) is 0 Å². The molecule has 2 atom stereocenters. The number of aliphatic hydroxyl groups excluding tert-OH is 1. The van der Waals surface area contributed by atoms with Gasteiger partial charge in [-0.05, 0) is 35.4 Å². The zero-order valence-electron chi connectivity index (χ0n) is 18.3. The summed E-state index contributed by atoms with van der Waals surface area (Å²) in [5, 5.41) is 13.9. The van der Waals surface area contributed by atoms with Crippen LogP contribution >= 0.6 is 0 Å². The van der Waals surface area contributed by atoms with Gasteiger partial charge in [-0.25, -0.2) is 0 Å². The van der Waals surface area contributed by atoms with Gasteiger partial charge in [0, 0.05) is 12.2 Å². The predicted octanol–water partition coefficient (Wildman–Crippen LogP) is 3.41. The third-order valence-corrected chi connectivity index (χ3v) is 5.66. The molecule has 4 rings (SSSR count). The number of nitrogens with one attached hydrogen (secondary N) is 1. The van der Waals surface area contributed by atoms with E-state index in [1.807, 2.05) is 30.3 Å². The summed E-state index contributed by atoms with van der Waals surface area (Å²) in [4.78, 5) is 26.8. The van der Waals surface area contributed by atoms with Gasteiger partial charge < -0.3 is 24.8 Å². The van der Waals surface area contributed by atoms with Gasteiger partial charge in [-0.1, -0.05) is 54.6 Å². The molecule has 0 aromatic heterocycles. The van der Waals surface area contributed by atoms with Crippen molar-refractivity contribution in [3.05, 3.63) is 95.6 Å². The first-order valence-electron chi connectivity index (χ1n) is 10.7. The lowest BCUT2D eigenvalue weighted by atomic mass is 9.99. The molecule has 0 radical (unpaired) electrons. The normalized spacial score (nSPS) is 16.8. The van der Waals surface area contributed by atoms with E-state index in [0.717, 1.165) is 5.56 Å². The molecular formula is C26H26N2O5. The molecule has 1 saturated heterocycles. The van der Waals surface area contributed by atoms with Gasteiger partial charge in [-0.3, -0.25) is 9.59 Å². The molecule has 3 aromatic rings. The molecule has 170 valence electrons. The maximum absolute atomic E-state index is 12.6. The van der Waals surface area contributed by atoms with Crippen LogP contribution in [-0.4, -0.2) is 48.2 Å². The highest BCUT2D eigenvalue weighted by molar-refractivity contribution is 6.06. The summed E-state index contributed by atoms with van der Waals surface area (Å²) in [6.07, 6.45) is -0.933. The Morgan fingerprint density at radius 2 is 1.79 bits per heavy atom. The minimum atomic E-state index is -0.933. The molecule has 0 spiro atoms. The van der Waals surface area contributed by atoms with Crippen LogP contribution in [0.1, 0.15) is 27.6 Å². The summed E-state index contributed by atoms with van der Waals surface area (Å²) in [5.74, 6) is 0.0402. The molecule has 33 heavy (non-hydrogen) atoms.